The summed E-state index contributed by atoms with van der Waals surface area (Å²) in [5, 5.41) is 5.02. The topological polar surface area (TPSA) is 92.3 Å². The molecule has 7 nitrogen and oxygen atoms in total. The maximum Gasteiger partial charge on any atom is 0.276 e. The molecule has 9 heteroatoms. The predicted molar refractivity (Wildman–Crippen MR) is 111 cm³/mol. The highest BCUT2D eigenvalue weighted by Gasteiger charge is 2.31. The molecule has 0 bridgehead atoms. The van der Waals surface area contributed by atoms with Crippen molar-refractivity contribution < 1.29 is 13.2 Å². The molecule has 29 heavy (non-hydrogen) atoms. The average Bonchev–Trinajstić information content (AvgIpc) is 3.27. The standard InChI is InChI=1S/C20H20N4O3S2/c25-19(23-20-21-11-13-28-20)18-10-4-9-17(22-18)15-6-5-12-24(14-15)29(26,27)16-7-2-1-3-8-16/h1-4,7-11,13,15H,5-6,12,14H2,(H,21,23,25). The molecule has 0 saturated carbocycles. The lowest BCUT2D eigenvalue weighted by molar-refractivity contribution is 0.102. The Bertz CT molecular complexity index is 1090. The first-order valence-electron chi connectivity index (χ1n) is 9.27. The molecule has 1 N–H and O–H groups in total. The monoisotopic (exact) mass is 428 g/mol. The minimum absolute atomic E-state index is 0.0603. The zero-order valence-electron chi connectivity index (χ0n) is 15.6. The molecule has 1 fully saturated rings. The molecular weight excluding hydrogens is 408 g/mol. The van der Waals surface area contributed by atoms with Crippen molar-refractivity contribution in [1.29, 1.82) is 0 Å². The van der Waals surface area contributed by atoms with Crippen LogP contribution in [0.4, 0.5) is 5.13 Å². The highest BCUT2D eigenvalue weighted by molar-refractivity contribution is 7.89. The van der Waals surface area contributed by atoms with Gasteiger partial charge in [-0.1, -0.05) is 24.3 Å². The van der Waals surface area contributed by atoms with E-state index in [0.29, 0.717) is 28.8 Å². The zero-order valence-corrected chi connectivity index (χ0v) is 17.2. The van der Waals surface area contributed by atoms with Crippen LogP contribution in [0, 0.1) is 0 Å². The number of carbonyl (C=O) groups excluding carboxylic acids is 1. The van der Waals surface area contributed by atoms with Gasteiger partial charge in [-0.15, -0.1) is 11.3 Å². The highest BCUT2D eigenvalue weighted by atomic mass is 32.2. The van der Waals surface area contributed by atoms with Crippen LogP contribution < -0.4 is 5.32 Å². The summed E-state index contributed by atoms with van der Waals surface area (Å²) in [6, 6.07) is 13.7. The largest absolute Gasteiger partial charge is 0.296 e. The number of aromatic nitrogens is 2. The van der Waals surface area contributed by atoms with Crippen molar-refractivity contribution in [2.24, 2.45) is 0 Å². The Balaban J connectivity index is 1.52. The Hall–Kier alpha value is -2.62. The quantitative estimate of drug-likeness (QED) is 0.673. The summed E-state index contributed by atoms with van der Waals surface area (Å²) in [7, 11) is -3.54. The maximum atomic E-state index is 13.0. The smallest absolute Gasteiger partial charge is 0.276 e. The second-order valence-electron chi connectivity index (χ2n) is 6.75. The van der Waals surface area contributed by atoms with E-state index in [1.807, 2.05) is 6.07 Å². The molecule has 1 aromatic carbocycles. The van der Waals surface area contributed by atoms with E-state index >= 15 is 0 Å². The number of rotatable bonds is 5. The second kappa shape index (κ2) is 8.40. The number of benzene rings is 1. The summed E-state index contributed by atoms with van der Waals surface area (Å²) >= 11 is 1.33. The number of nitrogens with one attached hydrogen (secondary N) is 1. The lowest BCUT2D eigenvalue weighted by Crippen LogP contribution is -2.39. The van der Waals surface area contributed by atoms with Crippen molar-refractivity contribution in [3.8, 4) is 0 Å². The van der Waals surface area contributed by atoms with Crippen molar-refractivity contribution in [2.45, 2.75) is 23.7 Å². The molecule has 1 aliphatic rings. The van der Waals surface area contributed by atoms with Crippen LogP contribution in [0.5, 0.6) is 0 Å². The number of pyridine rings is 1. The zero-order chi connectivity index (χ0) is 20.3. The normalized spacial score (nSPS) is 17.7. The van der Waals surface area contributed by atoms with Gasteiger partial charge in [0.15, 0.2) is 5.13 Å². The molecule has 2 aromatic heterocycles. The first-order chi connectivity index (χ1) is 14.0. The molecule has 4 rings (SSSR count). The van der Waals surface area contributed by atoms with Gasteiger partial charge in [0, 0.05) is 36.3 Å². The first kappa shape index (κ1) is 19.7. The predicted octanol–water partition coefficient (Wildman–Crippen LogP) is 3.36. The molecule has 3 heterocycles. The first-order valence-corrected chi connectivity index (χ1v) is 11.6. The SMILES string of the molecule is O=C(Nc1nccs1)c1cccc(C2CCCN(S(=O)(=O)c3ccccc3)C2)n1. The number of hydrogen-bond acceptors (Lipinski definition) is 6. The molecule has 3 aromatic rings. The van der Waals surface area contributed by atoms with Crippen molar-refractivity contribution in [3.63, 3.8) is 0 Å². The fourth-order valence-electron chi connectivity index (χ4n) is 3.40. The van der Waals surface area contributed by atoms with E-state index in [-0.39, 0.29) is 11.8 Å². The van der Waals surface area contributed by atoms with Gasteiger partial charge in [-0.25, -0.2) is 18.4 Å². The number of anilines is 1. The van der Waals surface area contributed by atoms with Crippen molar-refractivity contribution in [1.82, 2.24) is 14.3 Å². The van der Waals surface area contributed by atoms with E-state index in [1.165, 1.54) is 15.6 Å². The van der Waals surface area contributed by atoms with Gasteiger partial charge in [0.1, 0.15) is 5.69 Å². The summed E-state index contributed by atoms with van der Waals surface area (Å²) < 4.78 is 27.4. The van der Waals surface area contributed by atoms with Crippen LogP contribution in [-0.4, -0.2) is 41.7 Å². The highest BCUT2D eigenvalue weighted by Crippen LogP contribution is 2.29. The molecule has 0 aliphatic carbocycles. The van der Waals surface area contributed by atoms with Crippen LogP contribution in [0.1, 0.15) is 34.9 Å². The van der Waals surface area contributed by atoms with Gasteiger partial charge < -0.3 is 0 Å². The molecule has 1 unspecified atom stereocenters. The number of nitrogens with zero attached hydrogens (tertiary/aromatic N) is 3. The Kier molecular flexibility index (Phi) is 5.70. The fraction of sp³-hybridized carbons (Fsp3) is 0.250. The average molecular weight is 429 g/mol. The molecule has 1 aliphatic heterocycles. The number of thiazole rings is 1. The minimum Gasteiger partial charge on any atom is -0.296 e. The van der Waals surface area contributed by atoms with Crippen molar-refractivity contribution in [3.05, 3.63) is 71.5 Å². The summed E-state index contributed by atoms with van der Waals surface area (Å²) in [6.07, 6.45) is 3.19. The van der Waals surface area contributed by atoms with Gasteiger partial charge in [0.25, 0.3) is 5.91 Å². The van der Waals surface area contributed by atoms with Crippen LogP contribution in [0.15, 0.2) is 65.0 Å². The molecule has 1 saturated heterocycles. The Morgan fingerprint density at radius 2 is 1.97 bits per heavy atom. The second-order valence-corrected chi connectivity index (χ2v) is 9.59. The summed E-state index contributed by atoms with van der Waals surface area (Å²) in [4.78, 5) is 21.3. The summed E-state index contributed by atoms with van der Waals surface area (Å²) in [6.45, 7) is 0.833. The minimum atomic E-state index is -3.54. The number of hydrogen-bond donors (Lipinski definition) is 1. The van der Waals surface area contributed by atoms with Crippen LogP contribution in [-0.2, 0) is 10.0 Å². The van der Waals surface area contributed by atoms with E-state index < -0.39 is 10.0 Å². The van der Waals surface area contributed by atoms with E-state index in [9.17, 15) is 13.2 Å². The van der Waals surface area contributed by atoms with E-state index in [2.05, 4.69) is 15.3 Å². The van der Waals surface area contributed by atoms with Gasteiger partial charge >= 0.3 is 0 Å². The Morgan fingerprint density at radius 3 is 2.72 bits per heavy atom. The maximum absolute atomic E-state index is 13.0. The lowest BCUT2D eigenvalue weighted by Gasteiger charge is -2.31. The molecule has 150 valence electrons. The Morgan fingerprint density at radius 1 is 1.14 bits per heavy atom. The Labute approximate surface area is 173 Å². The molecular formula is C20H20N4O3S2. The number of carbonyl (C=O) groups is 1. The third-order valence-electron chi connectivity index (χ3n) is 4.84. The van der Waals surface area contributed by atoms with E-state index in [1.54, 1.807) is 54.0 Å². The van der Waals surface area contributed by atoms with Gasteiger partial charge in [0.05, 0.1) is 4.90 Å². The van der Waals surface area contributed by atoms with Crippen LogP contribution in [0.3, 0.4) is 0 Å². The summed E-state index contributed by atoms with van der Waals surface area (Å²) in [5.41, 5.74) is 1.02. The number of piperidine rings is 1. The van der Waals surface area contributed by atoms with E-state index in [4.69, 9.17) is 0 Å². The van der Waals surface area contributed by atoms with Crippen molar-refractivity contribution in [2.75, 3.05) is 18.4 Å². The molecule has 1 atom stereocenters. The fourth-order valence-corrected chi connectivity index (χ4v) is 5.46. The van der Waals surface area contributed by atoms with Crippen molar-refractivity contribution >= 4 is 32.4 Å². The summed E-state index contributed by atoms with van der Waals surface area (Å²) in [5.74, 6) is -0.388. The number of sulfonamides is 1. The molecule has 1 amide bonds. The van der Waals surface area contributed by atoms with E-state index in [0.717, 1.165) is 18.5 Å². The molecule has 0 radical (unpaired) electrons. The van der Waals surface area contributed by atoms with Gasteiger partial charge in [-0.3, -0.25) is 10.1 Å². The van der Waals surface area contributed by atoms with Crippen LogP contribution in [0.2, 0.25) is 0 Å². The third kappa shape index (κ3) is 4.36. The number of amides is 1. The van der Waals surface area contributed by atoms with Gasteiger partial charge in [-0.05, 0) is 37.1 Å². The molecule has 0 spiro atoms. The van der Waals surface area contributed by atoms with Gasteiger partial charge in [-0.2, -0.15) is 4.31 Å². The van der Waals surface area contributed by atoms with Crippen LogP contribution >= 0.6 is 11.3 Å². The van der Waals surface area contributed by atoms with Gasteiger partial charge in [0.2, 0.25) is 10.0 Å². The third-order valence-corrected chi connectivity index (χ3v) is 7.41. The van der Waals surface area contributed by atoms with Crippen LogP contribution in [0.25, 0.3) is 0 Å². The lowest BCUT2D eigenvalue weighted by atomic mass is 9.95.